The van der Waals surface area contributed by atoms with Crippen molar-refractivity contribution in [2.45, 2.75) is 6.92 Å². The summed E-state index contributed by atoms with van der Waals surface area (Å²) in [5, 5.41) is 3.05. The fourth-order valence-electron chi connectivity index (χ4n) is 1.53. The molecule has 1 heterocycles. The monoisotopic (exact) mass is 238 g/mol. The van der Waals surface area contributed by atoms with E-state index in [0.717, 1.165) is 0 Å². The van der Waals surface area contributed by atoms with Gasteiger partial charge >= 0.3 is 0 Å². The number of nitrogens with zero attached hydrogens (tertiary/aromatic N) is 1. The number of aromatic nitrogens is 2. The minimum atomic E-state index is -0.246. The Morgan fingerprint density at radius 2 is 2.38 bits per heavy atom. The van der Waals surface area contributed by atoms with Gasteiger partial charge in [-0.05, 0) is 19.1 Å². The van der Waals surface area contributed by atoms with E-state index in [1.54, 1.807) is 12.1 Å². The van der Waals surface area contributed by atoms with E-state index in [4.69, 9.17) is 17.3 Å². The van der Waals surface area contributed by atoms with Crippen LogP contribution in [-0.2, 0) is 0 Å². The molecule has 2 aromatic rings. The van der Waals surface area contributed by atoms with Crippen LogP contribution in [-0.4, -0.2) is 22.4 Å². The molecule has 1 amide bonds. The number of nitrogen functional groups attached to an aromatic ring is 1. The van der Waals surface area contributed by atoms with Gasteiger partial charge in [0.2, 0.25) is 0 Å². The van der Waals surface area contributed by atoms with Gasteiger partial charge < -0.3 is 16.0 Å². The molecule has 0 atom stereocenters. The lowest BCUT2D eigenvalue weighted by molar-refractivity contribution is 0.0957. The minimum Gasteiger partial charge on any atom is -0.369 e. The summed E-state index contributed by atoms with van der Waals surface area (Å²) in [5.74, 6) is 0.0208. The van der Waals surface area contributed by atoms with Crippen molar-refractivity contribution >= 4 is 34.5 Å². The van der Waals surface area contributed by atoms with Crippen LogP contribution >= 0.6 is 11.6 Å². The predicted molar refractivity (Wildman–Crippen MR) is 63.5 cm³/mol. The Hall–Kier alpha value is -1.75. The van der Waals surface area contributed by atoms with Crippen LogP contribution in [0.3, 0.4) is 0 Å². The Morgan fingerprint density at radius 1 is 1.62 bits per heavy atom. The normalized spacial score (nSPS) is 10.6. The molecule has 0 fully saturated rings. The molecule has 6 heteroatoms. The zero-order valence-corrected chi connectivity index (χ0v) is 9.43. The first-order valence-electron chi connectivity index (χ1n) is 4.85. The van der Waals surface area contributed by atoms with Crippen molar-refractivity contribution in [3.8, 4) is 0 Å². The average Bonchev–Trinajstić information content (AvgIpc) is 2.58. The molecule has 5 nitrogen and oxygen atoms in total. The topological polar surface area (TPSA) is 83.8 Å². The molecule has 84 valence electrons. The van der Waals surface area contributed by atoms with Gasteiger partial charge in [-0.3, -0.25) is 4.79 Å². The van der Waals surface area contributed by atoms with Gasteiger partial charge in [0.25, 0.3) is 5.91 Å². The first-order valence-corrected chi connectivity index (χ1v) is 5.23. The maximum Gasteiger partial charge on any atom is 0.255 e. The number of halogens is 1. The van der Waals surface area contributed by atoms with Crippen molar-refractivity contribution in [3.05, 3.63) is 22.7 Å². The van der Waals surface area contributed by atoms with Gasteiger partial charge in [0.05, 0.1) is 16.1 Å². The van der Waals surface area contributed by atoms with E-state index >= 15 is 0 Å². The zero-order chi connectivity index (χ0) is 11.7. The molecule has 2 rings (SSSR count). The quantitative estimate of drug-likeness (QED) is 0.742. The number of rotatable bonds is 2. The van der Waals surface area contributed by atoms with Crippen LogP contribution in [0.5, 0.6) is 0 Å². The highest BCUT2D eigenvalue weighted by atomic mass is 35.5. The number of H-pyrrole nitrogens is 1. The third kappa shape index (κ3) is 1.69. The third-order valence-corrected chi connectivity index (χ3v) is 2.50. The lowest BCUT2D eigenvalue weighted by Gasteiger charge is -2.04. The summed E-state index contributed by atoms with van der Waals surface area (Å²) in [7, 11) is 0. The van der Waals surface area contributed by atoms with Crippen LogP contribution < -0.4 is 11.1 Å². The second-order valence-corrected chi connectivity index (χ2v) is 3.71. The second-order valence-electron chi connectivity index (χ2n) is 3.30. The molecule has 0 spiro atoms. The van der Waals surface area contributed by atoms with Gasteiger partial charge in [-0.15, -0.1) is 0 Å². The number of amides is 1. The van der Waals surface area contributed by atoms with Crippen molar-refractivity contribution in [2.75, 3.05) is 12.3 Å². The number of carbonyl (C=O) groups excluding carboxylic acids is 1. The summed E-state index contributed by atoms with van der Waals surface area (Å²) in [6.07, 6.45) is 0. The van der Waals surface area contributed by atoms with Crippen LogP contribution in [0, 0.1) is 0 Å². The summed E-state index contributed by atoms with van der Waals surface area (Å²) in [6, 6.07) is 3.38. The van der Waals surface area contributed by atoms with E-state index in [1.165, 1.54) is 0 Å². The Morgan fingerprint density at radius 3 is 3.06 bits per heavy atom. The Kier molecular flexibility index (Phi) is 2.70. The number of nitrogens with one attached hydrogen (secondary N) is 2. The Labute approximate surface area is 97.0 Å². The summed E-state index contributed by atoms with van der Waals surface area (Å²) in [5.41, 5.74) is 7.09. The highest BCUT2D eigenvalue weighted by Gasteiger charge is 2.16. The molecule has 0 radical (unpaired) electrons. The van der Waals surface area contributed by atoms with Crippen molar-refractivity contribution in [3.63, 3.8) is 0 Å². The number of hydrogen-bond acceptors (Lipinski definition) is 3. The lowest BCUT2D eigenvalue weighted by Crippen LogP contribution is -2.23. The molecule has 16 heavy (non-hydrogen) atoms. The summed E-state index contributed by atoms with van der Waals surface area (Å²) in [4.78, 5) is 18.7. The lowest BCUT2D eigenvalue weighted by atomic mass is 10.1. The van der Waals surface area contributed by atoms with Crippen LogP contribution in [0.2, 0.25) is 5.02 Å². The second kappa shape index (κ2) is 4.02. The third-order valence-electron chi connectivity index (χ3n) is 2.19. The standard InChI is InChI=1S/C10H11ClN4O/c1-2-13-9(16)7-5(11)3-4-6-8(7)15-10(12)14-6/h3-4H,2H2,1H3,(H,13,16)(H3,12,14,15). The Bertz CT molecular complexity index is 549. The van der Waals surface area contributed by atoms with Gasteiger partial charge in [-0.25, -0.2) is 4.98 Å². The number of benzene rings is 1. The largest absolute Gasteiger partial charge is 0.369 e. The van der Waals surface area contributed by atoms with Crippen LogP contribution in [0.15, 0.2) is 12.1 Å². The van der Waals surface area contributed by atoms with Crippen LogP contribution in [0.4, 0.5) is 5.95 Å². The first kappa shape index (κ1) is 10.8. The molecular formula is C10H11ClN4O. The maximum absolute atomic E-state index is 11.8. The maximum atomic E-state index is 11.8. The van der Waals surface area contributed by atoms with E-state index in [-0.39, 0.29) is 11.9 Å². The molecule has 0 saturated carbocycles. The number of aromatic amines is 1. The van der Waals surface area contributed by atoms with Crippen molar-refractivity contribution in [2.24, 2.45) is 0 Å². The molecule has 0 unspecified atom stereocenters. The molecule has 0 bridgehead atoms. The van der Waals surface area contributed by atoms with Gasteiger partial charge in [-0.2, -0.15) is 0 Å². The molecule has 0 aliphatic heterocycles. The molecule has 4 N–H and O–H groups in total. The van der Waals surface area contributed by atoms with E-state index in [9.17, 15) is 4.79 Å². The van der Waals surface area contributed by atoms with Crippen molar-refractivity contribution in [1.29, 1.82) is 0 Å². The Balaban J connectivity index is 2.65. The zero-order valence-electron chi connectivity index (χ0n) is 8.67. The molecule has 1 aromatic carbocycles. The minimum absolute atomic E-state index is 0.246. The van der Waals surface area contributed by atoms with Crippen molar-refractivity contribution in [1.82, 2.24) is 15.3 Å². The summed E-state index contributed by atoms with van der Waals surface area (Å²) >= 11 is 5.99. The highest BCUT2D eigenvalue weighted by molar-refractivity contribution is 6.35. The summed E-state index contributed by atoms with van der Waals surface area (Å²) < 4.78 is 0. The number of carbonyl (C=O) groups is 1. The van der Waals surface area contributed by atoms with Gasteiger partial charge in [0.15, 0.2) is 5.95 Å². The number of imidazole rings is 1. The molecule has 0 aliphatic rings. The van der Waals surface area contributed by atoms with E-state index in [1.807, 2.05) is 6.92 Å². The number of anilines is 1. The molecule has 0 aliphatic carbocycles. The molecule has 0 saturated heterocycles. The van der Waals surface area contributed by atoms with Gasteiger partial charge in [-0.1, -0.05) is 11.6 Å². The predicted octanol–water partition coefficient (Wildman–Crippen LogP) is 1.55. The fourth-order valence-corrected chi connectivity index (χ4v) is 1.77. The van der Waals surface area contributed by atoms with Gasteiger partial charge in [0, 0.05) is 6.54 Å². The average molecular weight is 239 g/mol. The molecule has 1 aromatic heterocycles. The van der Waals surface area contributed by atoms with E-state index in [2.05, 4.69) is 15.3 Å². The number of fused-ring (bicyclic) bond motifs is 1. The smallest absolute Gasteiger partial charge is 0.255 e. The first-order chi connectivity index (χ1) is 7.63. The van der Waals surface area contributed by atoms with Crippen LogP contribution in [0.25, 0.3) is 11.0 Å². The summed E-state index contributed by atoms with van der Waals surface area (Å²) in [6.45, 7) is 2.37. The SMILES string of the molecule is CCNC(=O)c1c(Cl)ccc2[nH]c(N)nc12. The van der Waals surface area contributed by atoms with Crippen LogP contribution in [0.1, 0.15) is 17.3 Å². The number of hydrogen-bond donors (Lipinski definition) is 3. The number of nitrogens with two attached hydrogens (primary N) is 1. The van der Waals surface area contributed by atoms with Gasteiger partial charge in [0.1, 0.15) is 5.52 Å². The molecular weight excluding hydrogens is 228 g/mol. The highest BCUT2D eigenvalue weighted by Crippen LogP contribution is 2.25. The van der Waals surface area contributed by atoms with E-state index in [0.29, 0.717) is 28.2 Å². The fraction of sp³-hybridized carbons (Fsp3) is 0.200. The van der Waals surface area contributed by atoms with Crippen molar-refractivity contribution < 1.29 is 4.79 Å². The van der Waals surface area contributed by atoms with E-state index < -0.39 is 0 Å².